The van der Waals surface area contributed by atoms with Crippen molar-refractivity contribution in [2.75, 3.05) is 5.32 Å². The minimum atomic E-state index is -0.363. The summed E-state index contributed by atoms with van der Waals surface area (Å²) in [7, 11) is 0. The van der Waals surface area contributed by atoms with Gasteiger partial charge in [-0.25, -0.2) is 4.98 Å². The van der Waals surface area contributed by atoms with Crippen molar-refractivity contribution in [2.45, 2.75) is 6.92 Å². The summed E-state index contributed by atoms with van der Waals surface area (Å²) in [5, 5.41) is 11.9. The van der Waals surface area contributed by atoms with Crippen molar-refractivity contribution in [2.24, 2.45) is 0 Å². The van der Waals surface area contributed by atoms with Gasteiger partial charge in [0, 0.05) is 19.1 Å². The fourth-order valence-electron chi connectivity index (χ4n) is 1.93. The van der Waals surface area contributed by atoms with Crippen LogP contribution in [-0.2, 0) is 4.79 Å². The highest BCUT2D eigenvalue weighted by Gasteiger charge is 2.13. The van der Waals surface area contributed by atoms with Gasteiger partial charge in [-0.1, -0.05) is 0 Å². The van der Waals surface area contributed by atoms with Gasteiger partial charge in [0.1, 0.15) is 17.0 Å². The Morgan fingerprint density at radius 2 is 2.10 bits per heavy atom. The summed E-state index contributed by atoms with van der Waals surface area (Å²) in [6.45, 7) is 1.32. The van der Waals surface area contributed by atoms with Crippen molar-refractivity contribution in [1.82, 2.24) is 4.98 Å². The Bertz CT molecular complexity index is 854. The fraction of sp³-hybridized carbons (Fsp3) is 0.0714. The monoisotopic (exact) mass is 270 g/mol. The number of aromatic hydroxyl groups is 1. The molecule has 1 aromatic carbocycles. The smallest absolute Gasteiger partial charge is 0.221 e. The van der Waals surface area contributed by atoms with Crippen LogP contribution in [-0.4, -0.2) is 16.0 Å². The van der Waals surface area contributed by atoms with E-state index in [2.05, 4.69) is 10.3 Å². The van der Waals surface area contributed by atoms with E-state index >= 15 is 0 Å². The first-order valence-electron chi connectivity index (χ1n) is 5.88. The molecular weight excluding hydrogens is 260 g/mol. The topological polar surface area (TPSA) is 92.4 Å². The van der Waals surface area contributed by atoms with Gasteiger partial charge in [-0.3, -0.25) is 9.59 Å². The van der Waals surface area contributed by atoms with E-state index < -0.39 is 0 Å². The molecule has 6 heteroatoms. The molecule has 2 aliphatic rings. The second-order valence-corrected chi connectivity index (χ2v) is 4.36. The average molecular weight is 270 g/mol. The molecule has 0 radical (unpaired) electrons. The van der Waals surface area contributed by atoms with E-state index in [1.165, 1.54) is 31.2 Å². The Labute approximate surface area is 113 Å². The summed E-state index contributed by atoms with van der Waals surface area (Å²) in [5.74, 6) is 0.0194. The molecule has 0 aromatic heterocycles. The Balaban J connectivity index is 2.27. The van der Waals surface area contributed by atoms with Crippen LogP contribution in [0.3, 0.4) is 0 Å². The van der Waals surface area contributed by atoms with Crippen LogP contribution in [0.15, 0.2) is 39.5 Å². The van der Waals surface area contributed by atoms with Gasteiger partial charge in [0.05, 0.1) is 5.69 Å². The number of nitrogens with zero attached hydrogens (tertiary/aromatic N) is 1. The number of phenols is 1. The fourth-order valence-corrected chi connectivity index (χ4v) is 1.93. The number of benzene rings is 2. The van der Waals surface area contributed by atoms with Crippen LogP contribution in [0.4, 0.5) is 5.69 Å². The maximum absolute atomic E-state index is 11.8. The van der Waals surface area contributed by atoms with Crippen LogP contribution in [0.5, 0.6) is 5.75 Å². The Kier molecular flexibility index (Phi) is 2.64. The maximum Gasteiger partial charge on any atom is 0.221 e. The number of fused-ring (bicyclic) bond motifs is 2. The van der Waals surface area contributed by atoms with Crippen LogP contribution in [0.25, 0.3) is 22.6 Å². The molecule has 0 fully saturated rings. The first kappa shape index (κ1) is 12.2. The number of rotatable bonds is 1. The van der Waals surface area contributed by atoms with E-state index in [1.807, 2.05) is 0 Å². The molecule has 100 valence electrons. The molecule has 20 heavy (non-hydrogen) atoms. The predicted molar refractivity (Wildman–Crippen MR) is 72.9 cm³/mol. The summed E-state index contributed by atoms with van der Waals surface area (Å²) in [6, 6.07) is 7.25. The van der Waals surface area contributed by atoms with Gasteiger partial charge in [0.25, 0.3) is 0 Å². The zero-order valence-corrected chi connectivity index (χ0v) is 10.5. The van der Waals surface area contributed by atoms with Crippen molar-refractivity contribution in [3.05, 3.63) is 40.6 Å². The molecule has 1 aliphatic carbocycles. The number of carbonyl (C=O) groups is 1. The van der Waals surface area contributed by atoms with Crippen LogP contribution in [0.2, 0.25) is 0 Å². The van der Waals surface area contributed by atoms with Gasteiger partial charge in [-0.2, -0.15) is 0 Å². The molecule has 0 saturated carbocycles. The number of phenolic OH excluding ortho intramolecular Hbond substituents is 1. The van der Waals surface area contributed by atoms with E-state index in [0.717, 1.165) is 0 Å². The molecule has 0 spiro atoms. The molecule has 1 aliphatic heterocycles. The SMILES string of the molecule is CC(=O)Nc1cc2nc3ccc(O)cc3oc-2cc1=O. The lowest BCUT2D eigenvalue weighted by molar-refractivity contribution is -0.114. The third-order valence-corrected chi connectivity index (χ3v) is 2.78. The summed E-state index contributed by atoms with van der Waals surface area (Å²) in [6.07, 6.45) is 0. The van der Waals surface area contributed by atoms with Gasteiger partial charge < -0.3 is 14.8 Å². The minimum absolute atomic E-state index is 0.0552. The van der Waals surface area contributed by atoms with Gasteiger partial charge in [0.15, 0.2) is 11.3 Å². The van der Waals surface area contributed by atoms with Crippen LogP contribution in [0.1, 0.15) is 6.92 Å². The molecule has 0 atom stereocenters. The molecule has 2 N–H and O–H groups in total. The normalized spacial score (nSPS) is 10.8. The van der Waals surface area contributed by atoms with Crippen molar-refractivity contribution in [1.29, 1.82) is 0 Å². The number of amides is 1. The van der Waals surface area contributed by atoms with E-state index in [0.29, 0.717) is 22.6 Å². The van der Waals surface area contributed by atoms with E-state index in [9.17, 15) is 14.7 Å². The van der Waals surface area contributed by atoms with Crippen LogP contribution in [0, 0.1) is 0 Å². The van der Waals surface area contributed by atoms with Crippen molar-refractivity contribution in [3.63, 3.8) is 0 Å². The molecular formula is C14H10N2O4. The van der Waals surface area contributed by atoms with Crippen molar-refractivity contribution in [3.8, 4) is 17.2 Å². The number of anilines is 1. The Morgan fingerprint density at radius 3 is 2.85 bits per heavy atom. The lowest BCUT2D eigenvalue weighted by Gasteiger charge is -2.08. The number of hydrogen-bond acceptors (Lipinski definition) is 5. The number of hydrogen-bond donors (Lipinski definition) is 2. The van der Waals surface area contributed by atoms with E-state index in [1.54, 1.807) is 6.07 Å². The summed E-state index contributed by atoms with van der Waals surface area (Å²) < 4.78 is 5.53. The maximum atomic E-state index is 11.8. The largest absolute Gasteiger partial charge is 0.508 e. The summed E-state index contributed by atoms with van der Waals surface area (Å²) >= 11 is 0. The molecule has 0 saturated heterocycles. The van der Waals surface area contributed by atoms with Crippen molar-refractivity contribution < 1.29 is 14.3 Å². The third-order valence-electron chi connectivity index (χ3n) is 2.78. The van der Waals surface area contributed by atoms with Crippen molar-refractivity contribution >= 4 is 22.7 Å². The quantitative estimate of drug-likeness (QED) is 0.659. The third kappa shape index (κ3) is 2.07. The van der Waals surface area contributed by atoms with Gasteiger partial charge in [-0.15, -0.1) is 0 Å². The van der Waals surface area contributed by atoms with Gasteiger partial charge in [0.2, 0.25) is 11.3 Å². The molecule has 0 bridgehead atoms. The number of aromatic nitrogens is 1. The first-order chi connectivity index (χ1) is 9.52. The zero-order chi connectivity index (χ0) is 14.3. The van der Waals surface area contributed by atoms with Gasteiger partial charge in [-0.05, 0) is 18.2 Å². The highest BCUT2D eigenvalue weighted by atomic mass is 16.3. The highest BCUT2D eigenvalue weighted by Crippen LogP contribution is 2.27. The summed E-state index contributed by atoms with van der Waals surface area (Å²) in [4.78, 5) is 27.2. The second kappa shape index (κ2) is 4.34. The molecule has 1 aromatic rings. The van der Waals surface area contributed by atoms with Crippen LogP contribution < -0.4 is 10.7 Å². The standard InChI is InChI=1S/C14H10N2O4/c1-7(17)15-10-5-11-14(6-12(10)19)20-13-4-8(18)2-3-9(13)16-11/h2-6,18H,1H3,(H,15,17). The molecule has 1 heterocycles. The van der Waals surface area contributed by atoms with E-state index in [4.69, 9.17) is 4.42 Å². The molecule has 6 nitrogen and oxygen atoms in total. The predicted octanol–water partition coefficient (Wildman–Crippen LogP) is 1.96. The minimum Gasteiger partial charge on any atom is -0.508 e. The average Bonchev–Trinajstić information content (AvgIpc) is 2.37. The number of carbonyl (C=O) groups excluding carboxylic acids is 1. The lowest BCUT2D eigenvalue weighted by atomic mass is 10.2. The molecule has 0 unspecified atom stereocenters. The van der Waals surface area contributed by atoms with E-state index in [-0.39, 0.29) is 22.8 Å². The first-order valence-corrected chi connectivity index (χ1v) is 5.88. The van der Waals surface area contributed by atoms with Gasteiger partial charge >= 0.3 is 0 Å². The Morgan fingerprint density at radius 1 is 1.30 bits per heavy atom. The highest BCUT2D eigenvalue weighted by molar-refractivity contribution is 5.89. The summed E-state index contributed by atoms with van der Waals surface area (Å²) in [5.41, 5.74) is 1.17. The zero-order valence-electron chi connectivity index (χ0n) is 10.5. The number of nitrogens with one attached hydrogen (secondary N) is 1. The second-order valence-electron chi connectivity index (χ2n) is 4.36. The molecule has 3 rings (SSSR count). The molecule has 1 amide bonds. The van der Waals surface area contributed by atoms with Crippen LogP contribution >= 0.6 is 0 Å². The Hall–Kier alpha value is -2.89. The lowest BCUT2D eigenvalue weighted by Crippen LogP contribution is -2.15.